The van der Waals surface area contributed by atoms with E-state index in [4.69, 9.17) is 9.84 Å². The molecule has 0 bridgehead atoms. The van der Waals surface area contributed by atoms with Gasteiger partial charge in [-0.2, -0.15) is 0 Å². The number of hydrogen-bond acceptors (Lipinski definition) is 4. The zero-order valence-electron chi connectivity index (χ0n) is 12.8. The maximum absolute atomic E-state index is 11.9. The van der Waals surface area contributed by atoms with E-state index in [1.165, 1.54) is 0 Å². The van der Waals surface area contributed by atoms with Crippen LogP contribution in [0, 0.1) is 0 Å². The molecule has 20 heavy (non-hydrogen) atoms. The molecule has 2 N–H and O–H groups in total. The molecule has 0 aromatic heterocycles. The van der Waals surface area contributed by atoms with E-state index in [1.54, 1.807) is 0 Å². The number of rotatable bonds is 7. The fraction of sp³-hybridized carbons (Fsp3) is 0.857. The summed E-state index contributed by atoms with van der Waals surface area (Å²) in [5.74, 6) is -1.20. The molecule has 0 saturated carbocycles. The van der Waals surface area contributed by atoms with Crippen LogP contribution in [0.3, 0.4) is 0 Å². The average molecular weight is 286 g/mol. The van der Waals surface area contributed by atoms with Gasteiger partial charge in [0.05, 0.1) is 0 Å². The van der Waals surface area contributed by atoms with Crippen molar-refractivity contribution in [2.24, 2.45) is 0 Å². The van der Waals surface area contributed by atoms with Crippen LogP contribution in [0.15, 0.2) is 0 Å². The second-order valence-electron chi connectivity index (χ2n) is 5.75. The van der Waals surface area contributed by atoms with Gasteiger partial charge in [-0.25, -0.2) is 4.79 Å². The Labute approximate surface area is 120 Å². The van der Waals surface area contributed by atoms with Gasteiger partial charge in [-0.05, 0) is 40.5 Å². The van der Waals surface area contributed by atoms with Gasteiger partial charge in [-0.15, -0.1) is 0 Å². The lowest BCUT2D eigenvalue weighted by molar-refractivity contribution is -0.151. The first-order valence-electron chi connectivity index (χ1n) is 7.24. The van der Waals surface area contributed by atoms with Crippen molar-refractivity contribution in [3.05, 3.63) is 0 Å². The molecule has 0 aliphatic carbocycles. The Hall–Kier alpha value is -1.14. The number of nitrogens with zero attached hydrogens (tertiary/aromatic N) is 1. The summed E-state index contributed by atoms with van der Waals surface area (Å²) in [6, 6.07) is 0.844. The summed E-state index contributed by atoms with van der Waals surface area (Å²) in [5, 5.41) is 11.6. The van der Waals surface area contributed by atoms with Crippen molar-refractivity contribution in [1.82, 2.24) is 10.2 Å². The minimum Gasteiger partial charge on any atom is -0.479 e. The first kappa shape index (κ1) is 16.9. The molecule has 6 heteroatoms. The highest BCUT2D eigenvalue weighted by Crippen LogP contribution is 2.19. The van der Waals surface area contributed by atoms with Gasteiger partial charge in [-0.1, -0.05) is 0 Å². The van der Waals surface area contributed by atoms with Crippen LogP contribution >= 0.6 is 0 Å². The van der Waals surface area contributed by atoms with E-state index in [-0.39, 0.29) is 5.91 Å². The van der Waals surface area contributed by atoms with Gasteiger partial charge in [0.15, 0.2) is 6.10 Å². The molecular weight excluding hydrogens is 260 g/mol. The van der Waals surface area contributed by atoms with Crippen molar-refractivity contribution in [3.8, 4) is 0 Å². The van der Waals surface area contributed by atoms with Crippen LogP contribution in [-0.2, 0) is 14.3 Å². The van der Waals surface area contributed by atoms with Crippen LogP contribution < -0.4 is 5.32 Å². The molecule has 2 atom stereocenters. The van der Waals surface area contributed by atoms with Crippen molar-refractivity contribution >= 4 is 11.9 Å². The maximum atomic E-state index is 11.9. The monoisotopic (exact) mass is 286 g/mol. The minimum atomic E-state index is -0.994. The Morgan fingerprint density at radius 1 is 1.20 bits per heavy atom. The molecule has 0 radical (unpaired) electrons. The number of carbonyl (C=O) groups excluding carboxylic acids is 1. The molecule has 1 amide bonds. The van der Waals surface area contributed by atoms with Gasteiger partial charge in [-0.3, -0.25) is 9.69 Å². The van der Waals surface area contributed by atoms with Crippen LogP contribution in [0.25, 0.3) is 0 Å². The highest BCUT2D eigenvalue weighted by Gasteiger charge is 2.34. The van der Waals surface area contributed by atoms with Crippen molar-refractivity contribution < 1.29 is 19.4 Å². The second-order valence-corrected chi connectivity index (χ2v) is 5.75. The number of hydrogen-bond donors (Lipinski definition) is 2. The van der Waals surface area contributed by atoms with E-state index in [0.29, 0.717) is 31.5 Å². The number of amides is 1. The molecule has 0 aromatic carbocycles. The quantitative estimate of drug-likeness (QED) is 0.725. The number of aliphatic carboxylic acids is 1. The Kier molecular flexibility index (Phi) is 6.42. The van der Waals surface area contributed by atoms with Gasteiger partial charge in [0, 0.05) is 25.2 Å². The summed E-state index contributed by atoms with van der Waals surface area (Å²) in [6.45, 7) is 9.82. The van der Waals surface area contributed by atoms with Crippen LogP contribution in [0.4, 0.5) is 0 Å². The van der Waals surface area contributed by atoms with Crippen LogP contribution in [0.5, 0.6) is 0 Å². The van der Waals surface area contributed by atoms with E-state index in [9.17, 15) is 9.59 Å². The van der Waals surface area contributed by atoms with Crippen molar-refractivity contribution in [3.63, 3.8) is 0 Å². The topological polar surface area (TPSA) is 78.9 Å². The predicted molar refractivity (Wildman–Crippen MR) is 75.5 cm³/mol. The molecule has 1 rings (SSSR count). The van der Waals surface area contributed by atoms with Gasteiger partial charge >= 0.3 is 5.97 Å². The molecular formula is C14H26N2O4. The van der Waals surface area contributed by atoms with Crippen molar-refractivity contribution in [1.29, 1.82) is 0 Å². The van der Waals surface area contributed by atoms with E-state index < -0.39 is 18.2 Å². The third-order valence-electron chi connectivity index (χ3n) is 3.58. The first-order chi connectivity index (χ1) is 9.32. The van der Waals surface area contributed by atoms with Gasteiger partial charge in [0.25, 0.3) is 0 Å². The lowest BCUT2D eigenvalue weighted by Gasteiger charge is -2.30. The number of carboxylic acid groups (broad SMARTS) is 1. The normalized spacial score (nSPS) is 22.8. The minimum absolute atomic E-state index is 0.207. The number of nitrogens with one attached hydrogen (secondary N) is 1. The van der Waals surface area contributed by atoms with Crippen LogP contribution in [0.1, 0.15) is 40.5 Å². The van der Waals surface area contributed by atoms with E-state index >= 15 is 0 Å². The maximum Gasteiger partial charge on any atom is 0.332 e. The predicted octanol–water partition coefficient (Wildman–Crippen LogP) is 0.854. The third-order valence-corrected chi connectivity index (χ3v) is 3.58. The molecule has 0 aromatic rings. The Bertz CT molecular complexity index is 336. The molecule has 2 unspecified atom stereocenters. The fourth-order valence-electron chi connectivity index (χ4n) is 2.55. The molecule has 1 aliphatic rings. The van der Waals surface area contributed by atoms with Crippen LogP contribution in [0.2, 0.25) is 0 Å². The summed E-state index contributed by atoms with van der Waals surface area (Å²) >= 11 is 0. The molecule has 0 spiro atoms. The van der Waals surface area contributed by atoms with Crippen molar-refractivity contribution in [2.75, 3.05) is 13.1 Å². The SMILES string of the molecule is CC(C)N(CCNC(=O)C1CCC(C(=O)O)O1)C(C)C. The molecule has 1 heterocycles. The lowest BCUT2D eigenvalue weighted by atomic mass is 10.2. The van der Waals surface area contributed by atoms with E-state index in [2.05, 4.69) is 37.9 Å². The summed E-state index contributed by atoms with van der Waals surface area (Å²) in [6.07, 6.45) is -0.588. The summed E-state index contributed by atoms with van der Waals surface area (Å²) < 4.78 is 5.21. The average Bonchev–Trinajstić information content (AvgIpc) is 2.82. The zero-order chi connectivity index (χ0) is 15.3. The summed E-state index contributed by atoms with van der Waals surface area (Å²) in [4.78, 5) is 24.9. The third kappa shape index (κ3) is 4.76. The van der Waals surface area contributed by atoms with Gasteiger partial charge in [0.2, 0.25) is 5.91 Å². The molecule has 1 saturated heterocycles. The number of carboxylic acids is 1. The lowest BCUT2D eigenvalue weighted by Crippen LogP contribution is -2.44. The van der Waals surface area contributed by atoms with Gasteiger partial charge in [0.1, 0.15) is 6.10 Å². The molecule has 1 aliphatic heterocycles. The Morgan fingerprint density at radius 2 is 1.75 bits per heavy atom. The van der Waals surface area contributed by atoms with E-state index in [1.807, 2.05) is 0 Å². The summed E-state index contributed by atoms with van der Waals surface area (Å²) in [7, 11) is 0. The summed E-state index contributed by atoms with van der Waals surface area (Å²) in [5.41, 5.74) is 0. The zero-order valence-corrected chi connectivity index (χ0v) is 12.8. The Balaban J connectivity index is 2.32. The Morgan fingerprint density at radius 3 is 2.20 bits per heavy atom. The molecule has 116 valence electrons. The highest BCUT2D eigenvalue weighted by molar-refractivity contribution is 5.82. The second kappa shape index (κ2) is 7.59. The smallest absolute Gasteiger partial charge is 0.332 e. The standard InChI is InChI=1S/C14H26N2O4/c1-9(2)16(10(3)4)8-7-15-13(17)11-5-6-12(20-11)14(18)19/h9-12H,5-8H2,1-4H3,(H,15,17)(H,18,19). The first-order valence-corrected chi connectivity index (χ1v) is 7.24. The number of ether oxygens (including phenoxy) is 1. The van der Waals surface area contributed by atoms with Gasteiger partial charge < -0.3 is 15.2 Å². The number of carbonyl (C=O) groups is 2. The van der Waals surface area contributed by atoms with Crippen LogP contribution in [-0.4, -0.2) is 59.3 Å². The largest absolute Gasteiger partial charge is 0.479 e. The van der Waals surface area contributed by atoms with E-state index in [0.717, 1.165) is 6.54 Å². The highest BCUT2D eigenvalue weighted by atomic mass is 16.5. The molecule has 6 nitrogen and oxygen atoms in total. The van der Waals surface area contributed by atoms with Crippen molar-refractivity contribution in [2.45, 2.75) is 64.8 Å². The fourth-order valence-corrected chi connectivity index (χ4v) is 2.55. The molecule has 1 fully saturated rings.